The van der Waals surface area contributed by atoms with Crippen LogP contribution in [-0.4, -0.2) is 29.7 Å². The fourth-order valence-corrected chi connectivity index (χ4v) is 3.65. The molecule has 5 heteroatoms. The highest BCUT2D eigenvalue weighted by atomic mass is 35.5. The Morgan fingerprint density at radius 2 is 2.11 bits per heavy atom. The Hall–Kier alpha value is -1.03. The molecule has 3 rings (SSSR count). The number of fused-ring (bicyclic) bond motifs is 1. The van der Waals surface area contributed by atoms with E-state index < -0.39 is 0 Å². The van der Waals surface area contributed by atoms with E-state index in [1.54, 1.807) is 7.11 Å². The molecule has 1 saturated heterocycles. The van der Waals surface area contributed by atoms with Crippen LogP contribution < -0.4 is 9.64 Å². The molecule has 1 aliphatic carbocycles. The number of piperidine rings is 1. The van der Waals surface area contributed by atoms with E-state index in [2.05, 4.69) is 14.9 Å². The van der Waals surface area contributed by atoms with Crippen molar-refractivity contribution in [1.29, 1.82) is 0 Å². The van der Waals surface area contributed by atoms with Gasteiger partial charge in [-0.3, -0.25) is 0 Å². The van der Waals surface area contributed by atoms with E-state index in [0.29, 0.717) is 16.9 Å². The first kappa shape index (κ1) is 12.0. The number of aromatic nitrogens is 2. The fraction of sp³-hybridized carbons (Fsp3) is 0.692. The van der Waals surface area contributed by atoms with E-state index in [-0.39, 0.29) is 0 Å². The molecule has 1 saturated carbocycles. The third-order valence-corrected chi connectivity index (χ3v) is 4.48. The molecule has 2 unspecified atom stereocenters. The van der Waals surface area contributed by atoms with Gasteiger partial charge in [0.15, 0.2) is 16.7 Å². The lowest BCUT2D eigenvalue weighted by Gasteiger charge is -2.39. The lowest BCUT2D eigenvalue weighted by Crippen LogP contribution is -2.43. The predicted molar refractivity (Wildman–Crippen MR) is 71.3 cm³/mol. The summed E-state index contributed by atoms with van der Waals surface area (Å²) in [7, 11) is 1.63. The Morgan fingerprint density at radius 3 is 2.94 bits per heavy atom. The molecule has 1 aliphatic heterocycles. The zero-order valence-corrected chi connectivity index (χ0v) is 11.4. The highest BCUT2D eigenvalue weighted by Gasteiger charge is 2.37. The minimum Gasteiger partial charge on any atom is -0.490 e. The molecule has 0 N–H and O–H groups in total. The van der Waals surface area contributed by atoms with E-state index >= 15 is 0 Å². The Morgan fingerprint density at radius 1 is 1.28 bits per heavy atom. The molecule has 1 aromatic rings. The molecule has 2 heterocycles. The largest absolute Gasteiger partial charge is 0.490 e. The first-order valence-electron chi connectivity index (χ1n) is 6.62. The number of nitrogens with zero attached hydrogens (tertiary/aromatic N) is 3. The highest BCUT2D eigenvalue weighted by Crippen LogP contribution is 2.42. The monoisotopic (exact) mass is 267 g/mol. The quantitative estimate of drug-likeness (QED) is 0.773. The van der Waals surface area contributed by atoms with Crippen LogP contribution in [0.1, 0.15) is 32.1 Å². The van der Waals surface area contributed by atoms with Crippen molar-refractivity contribution in [3.05, 3.63) is 11.5 Å². The van der Waals surface area contributed by atoms with Gasteiger partial charge in [-0.15, -0.1) is 0 Å². The topological polar surface area (TPSA) is 38.3 Å². The van der Waals surface area contributed by atoms with Crippen LogP contribution in [0.25, 0.3) is 0 Å². The van der Waals surface area contributed by atoms with Crippen molar-refractivity contribution < 1.29 is 4.74 Å². The van der Waals surface area contributed by atoms with Crippen molar-refractivity contribution in [2.75, 3.05) is 18.6 Å². The van der Waals surface area contributed by atoms with E-state index in [0.717, 1.165) is 18.3 Å². The maximum Gasteiger partial charge on any atom is 0.199 e. The molecule has 0 aromatic carbocycles. The van der Waals surface area contributed by atoms with Crippen LogP contribution in [0.3, 0.4) is 0 Å². The van der Waals surface area contributed by atoms with E-state index in [9.17, 15) is 0 Å². The third kappa shape index (κ3) is 1.92. The van der Waals surface area contributed by atoms with Crippen LogP contribution in [0.2, 0.25) is 5.15 Å². The lowest BCUT2D eigenvalue weighted by atomic mass is 9.92. The highest BCUT2D eigenvalue weighted by molar-refractivity contribution is 6.31. The standard InChI is InChI=1S/C13H18ClN3O/c1-18-11-12(14)15-8-16-13(11)17-7-3-5-9-4-2-6-10(9)17/h8-10H,2-7H2,1H3. The van der Waals surface area contributed by atoms with Crippen LogP contribution >= 0.6 is 11.6 Å². The van der Waals surface area contributed by atoms with Gasteiger partial charge in [-0.1, -0.05) is 18.0 Å². The van der Waals surface area contributed by atoms with Gasteiger partial charge in [0.25, 0.3) is 0 Å². The Balaban J connectivity index is 1.96. The number of hydrogen-bond donors (Lipinski definition) is 0. The summed E-state index contributed by atoms with van der Waals surface area (Å²) in [6.07, 6.45) is 8.04. The maximum absolute atomic E-state index is 6.09. The molecular formula is C13H18ClN3O. The maximum atomic E-state index is 6.09. The van der Waals surface area contributed by atoms with E-state index in [1.807, 2.05) is 0 Å². The Kier molecular flexibility index (Phi) is 3.29. The number of methoxy groups -OCH3 is 1. The Bertz CT molecular complexity index is 440. The van der Waals surface area contributed by atoms with Gasteiger partial charge >= 0.3 is 0 Å². The zero-order valence-electron chi connectivity index (χ0n) is 10.6. The smallest absolute Gasteiger partial charge is 0.199 e. The van der Waals surface area contributed by atoms with Crippen molar-refractivity contribution in [3.8, 4) is 5.75 Å². The van der Waals surface area contributed by atoms with E-state index in [1.165, 1.54) is 38.4 Å². The summed E-state index contributed by atoms with van der Waals surface area (Å²) >= 11 is 6.09. The molecule has 0 amide bonds. The summed E-state index contributed by atoms with van der Waals surface area (Å²) in [4.78, 5) is 10.8. The van der Waals surface area contributed by atoms with Crippen LogP contribution in [0.5, 0.6) is 5.75 Å². The van der Waals surface area contributed by atoms with Crippen molar-refractivity contribution in [2.45, 2.75) is 38.1 Å². The third-order valence-electron chi connectivity index (χ3n) is 4.21. The fourth-order valence-electron chi connectivity index (χ4n) is 3.44. The predicted octanol–water partition coefficient (Wildman–Crippen LogP) is 2.91. The van der Waals surface area contributed by atoms with Gasteiger partial charge in [-0.2, -0.15) is 0 Å². The summed E-state index contributed by atoms with van der Waals surface area (Å²) in [5.74, 6) is 2.30. The van der Waals surface area contributed by atoms with Gasteiger partial charge in [0.2, 0.25) is 0 Å². The second kappa shape index (κ2) is 4.92. The van der Waals surface area contributed by atoms with Crippen molar-refractivity contribution in [3.63, 3.8) is 0 Å². The van der Waals surface area contributed by atoms with Gasteiger partial charge in [-0.25, -0.2) is 9.97 Å². The van der Waals surface area contributed by atoms with Crippen molar-refractivity contribution >= 4 is 17.4 Å². The summed E-state index contributed by atoms with van der Waals surface area (Å²) in [6.45, 7) is 1.05. The van der Waals surface area contributed by atoms with Crippen LogP contribution in [0.15, 0.2) is 6.33 Å². The molecular weight excluding hydrogens is 250 g/mol. The molecule has 98 valence electrons. The number of halogens is 1. The molecule has 0 spiro atoms. The summed E-state index contributed by atoms with van der Waals surface area (Å²) < 4.78 is 5.38. The van der Waals surface area contributed by atoms with Gasteiger partial charge in [-0.05, 0) is 31.6 Å². The molecule has 18 heavy (non-hydrogen) atoms. The molecule has 0 radical (unpaired) electrons. The first-order chi connectivity index (χ1) is 8.81. The summed E-state index contributed by atoms with van der Waals surface area (Å²) in [6, 6.07) is 0.610. The lowest BCUT2D eigenvalue weighted by molar-refractivity contribution is 0.352. The zero-order chi connectivity index (χ0) is 12.5. The van der Waals surface area contributed by atoms with Crippen molar-refractivity contribution in [2.24, 2.45) is 5.92 Å². The van der Waals surface area contributed by atoms with Crippen LogP contribution in [0, 0.1) is 5.92 Å². The normalized spacial score (nSPS) is 27.1. The van der Waals surface area contributed by atoms with Gasteiger partial charge in [0, 0.05) is 12.6 Å². The molecule has 2 fully saturated rings. The molecule has 0 bridgehead atoms. The minimum atomic E-state index is 0.405. The number of hydrogen-bond acceptors (Lipinski definition) is 4. The average molecular weight is 268 g/mol. The van der Waals surface area contributed by atoms with Gasteiger partial charge < -0.3 is 9.64 Å². The summed E-state index contributed by atoms with van der Waals surface area (Å²) in [5.41, 5.74) is 0. The van der Waals surface area contributed by atoms with E-state index in [4.69, 9.17) is 16.3 Å². The number of rotatable bonds is 2. The molecule has 2 atom stereocenters. The summed E-state index contributed by atoms with van der Waals surface area (Å²) in [5, 5.41) is 0.405. The second-order valence-corrected chi connectivity index (χ2v) is 5.47. The molecule has 1 aromatic heterocycles. The average Bonchev–Trinajstić information content (AvgIpc) is 2.86. The number of ether oxygens (including phenoxy) is 1. The van der Waals surface area contributed by atoms with Gasteiger partial charge in [0.1, 0.15) is 6.33 Å². The van der Waals surface area contributed by atoms with Crippen molar-refractivity contribution in [1.82, 2.24) is 9.97 Å². The first-order valence-corrected chi connectivity index (χ1v) is 7.00. The van der Waals surface area contributed by atoms with Crippen LogP contribution in [0.4, 0.5) is 5.82 Å². The minimum absolute atomic E-state index is 0.405. The number of anilines is 1. The van der Waals surface area contributed by atoms with Crippen LogP contribution in [-0.2, 0) is 0 Å². The molecule has 4 nitrogen and oxygen atoms in total. The SMILES string of the molecule is COc1c(Cl)ncnc1N1CCCC2CCCC21. The second-order valence-electron chi connectivity index (χ2n) is 5.12. The Labute approximate surface area is 112 Å². The molecule has 2 aliphatic rings. The van der Waals surface area contributed by atoms with Gasteiger partial charge in [0.05, 0.1) is 7.11 Å².